The quantitative estimate of drug-likeness (QED) is 0.530. The Morgan fingerprint density at radius 3 is 2.68 bits per heavy atom. The van der Waals surface area contributed by atoms with Crippen molar-refractivity contribution in [3.8, 4) is 11.6 Å². The van der Waals surface area contributed by atoms with Crippen molar-refractivity contribution in [3.05, 3.63) is 67.1 Å². The van der Waals surface area contributed by atoms with Gasteiger partial charge in [0.05, 0.1) is 17.2 Å². The van der Waals surface area contributed by atoms with Crippen LogP contribution in [0, 0.1) is 0 Å². The Kier molecular flexibility index (Phi) is 4.03. The summed E-state index contributed by atoms with van der Waals surface area (Å²) in [5.74, 6) is 1.31. The van der Waals surface area contributed by atoms with Gasteiger partial charge >= 0.3 is 0 Å². The summed E-state index contributed by atoms with van der Waals surface area (Å²) in [6, 6.07) is 15.9. The smallest absolute Gasteiger partial charge is 0.243 e. The van der Waals surface area contributed by atoms with Crippen molar-refractivity contribution in [1.29, 1.82) is 0 Å². The molecular weight excluding hydrogens is 376 g/mol. The maximum atomic E-state index is 13.0. The SMILES string of the molecule is O=S(=O)(c1ccccc1)N1CCC(n2c(-c3ccco3)nc3cccnc32)C1. The Balaban J connectivity index is 1.55. The van der Waals surface area contributed by atoms with Gasteiger partial charge in [0.1, 0.15) is 5.52 Å². The molecule has 0 radical (unpaired) electrons. The van der Waals surface area contributed by atoms with Crippen LogP contribution >= 0.6 is 0 Å². The molecule has 0 aliphatic carbocycles. The number of imidazole rings is 1. The minimum atomic E-state index is -3.53. The van der Waals surface area contributed by atoms with Crippen molar-refractivity contribution in [2.45, 2.75) is 17.4 Å². The molecule has 1 aromatic carbocycles. The minimum absolute atomic E-state index is 0.0708. The number of pyridine rings is 1. The third kappa shape index (κ3) is 2.73. The molecule has 0 saturated carbocycles. The predicted octanol–water partition coefficient (Wildman–Crippen LogP) is 3.33. The van der Waals surface area contributed by atoms with Crippen molar-refractivity contribution in [2.75, 3.05) is 13.1 Å². The van der Waals surface area contributed by atoms with Gasteiger partial charge in [-0.3, -0.25) is 0 Å². The van der Waals surface area contributed by atoms with Crippen molar-refractivity contribution in [2.24, 2.45) is 0 Å². The number of benzene rings is 1. The van der Waals surface area contributed by atoms with Crippen LogP contribution in [0.1, 0.15) is 12.5 Å². The molecule has 1 saturated heterocycles. The largest absolute Gasteiger partial charge is 0.461 e. The van der Waals surface area contributed by atoms with E-state index in [1.165, 1.54) is 4.31 Å². The lowest BCUT2D eigenvalue weighted by molar-refractivity contribution is 0.453. The van der Waals surface area contributed by atoms with Crippen LogP contribution in [0.25, 0.3) is 22.7 Å². The molecule has 1 aliphatic rings. The molecular formula is C20H18N4O3S. The third-order valence-electron chi connectivity index (χ3n) is 5.06. The van der Waals surface area contributed by atoms with Gasteiger partial charge in [0, 0.05) is 19.3 Å². The van der Waals surface area contributed by atoms with Crippen LogP contribution in [-0.2, 0) is 10.0 Å². The van der Waals surface area contributed by atoms with Crippen LogP contribution in [0.4, 0.5) is 0 Å². The lowest BCUT2D eigenvalue weighted by Gasteiger charge is -2.18. The van der Waals surface area contributed by atoms with Crippen LogP contribution in [0.2, 0.25) is 0 Å². The van der Waals surface area contributed by atoms with Crippen LogP contribution < -0.4 is 0 Å². The molecule has 1 atom stereocenters. The van der Waals surface area contributed by atoms with Gasteiger partial charge < -0.3 is 8.98 Å². The zero-order valence-electron chi connectivity index (χ0n) is 15.0. The molecule has 0 amide bonds. The second kappa shape index (κ2) is 6.57. The molecule has 4 heterocycles. The zero-order chi connectivity index (χ0) is 19.1. The normalized spacial score (nSPS) is 18.1. The zero-order valence-corrected chi connectivity index (χ0v) is 15.8. The fraction of sp³-hybridized carbons (Fsp3) is 0.200. The van der Waals surface area contributed by atoms with E-state index in [1.54, 1.807) is 36.7 Å². The average molecular weight is 394 g/mol. The maximum absolute atomic E-state index is 13.0. The van der Waals surface area contributed by atoms with E-state index in [0.717, 1.165) is 11.2 Å². The van der Waals surface area contributed by atoms with E-state index in [1.807, 2.05) is 34.9 Å². The average Bonchev–Trinajstić information content (AvgIpc) is 3.46. The molecule has 4 aromatic rings. The fourth-order valence-corrected chi connectivity index (χ4v) is 5.25. The molecule has 0 bridgehead atoms. The highest BCUT2D eigenvalue weighted by Gasteiger charge is 2.35. The number of furan rings is 1. The van der Waals surface area contributed by atoms with Gasteiger partial charge in [-0.2, -0.15) is 4.31 Å². The van der Waals surface area contributed by atoms with Crippen molar-refractivity contribution < 1.29 is 12.8 Å². The number of fused-ring (bicyclic) bond motifs is 1. The number of sulfonamides is 1. The van der Waals surface area contributed by atoms with Crippen LogP contribution in [0.5, 0.6) is 0 Å². The Labute approximate surface area is 162 Å². The van der Waals surface area contributed by atoms with E-state index in [9.17, 15) is 8.42 Å². The molecule has 3 aromatic heterocycles. The number of nitrogens with zero attached hydrogens (tertiary/aromatic N) is 4. The lowest BCUT2D eigenvalue weighted by Crippen LogP contribution is -2.29. The third-order valence-corrected chi connectivity index (χ3v) is 6.94. The lowest BCUT2D eigenvalue weighted by atomic mass is 10.2. The highest BCUT2D eigenvalue weighted by Crippen LogP contribution is 2.34. The van der Waals surface area contributed by atoms with Crippen molar-refractivity contribution in [3.63, 3.8) is 0 Å². The standard InChI is InChI=1S/C20H18N4O3S/c25-28(26,16-6-2-1-3-7-16)23-12-10-15(14-23)24-19-17(8-4-11-21-19)22-20(24)18-9-5-13-27-18/h1-9,11,13,15H,10,12,14H2. The monoisotopic (exact) mass is 394 g/mol. The summed E-state index contributed by atoms with van der Waals surface area (Å²) in [5, 5.41) is 0. The first-order chi connectivity index (χ1) is 13.6. The summed E-state index contributed by atoms with van der Waals surface area (Å²) in [5.41, 5.74) is 1.50. The summed E-state index contributed by atoms with van der Waals surface area (Å²) in [6.45, 7) is 0.818. The topological polar surface area (TPSA) is 81.2 Å². The molecule has 1 aliphatic heterocycles. The highest BCUT2D eigenvalue weighted by molar-refractivity contribution is 7.89. The van der Waals surface area contributed by atoms with Gasteiger partial charge in [-0.1, -0.05) is 18.2 Å². The molecule has 7 nitrogen and oxygen atoms in total. The summed E-state index contributed by atoms with van der Waals surface area (Å²) < 4.78 is 35.1. The number of hydrogen-bond acceptors (Lipinski definition) is 5. The minimum Gasteiger partial charge on any atom is -0.461 e. The molecule has 142 valence electrons. The first kappa shape index (κ1) is 17.2. The second-order valence-electron chi connectivity index (χ2n) is 6.75. The van der Waals surface area contributed by atoms with Crippen LogP contribution in [0.3, 0.4) is 0 Å². The van der Waals surface area contributed by atoms with E-state index in [2.05, 4.69) is 9.97 Å². The summed E-state index contributed by atoms with van der Waals surface area (Å²) in [6.07, 6.45) is 4.01. The van der Waals surface area contributed by atoms with Crippen LogP contribution in [-0.4, -0.2) is 40.3 Å². The molecule has 5 rings (SSSR count). The van der Waals surface area contributed by atoms with Gasteiger partial charge in [0.2, 0.25) is 10.0 Å². The Morgan fingerprint density at radius 1 is 1.04 bits per heavy atom. The second-order valence-corrected chi connectivity index (χ2v) is 8.69. The van der Waals surface area contributed by atoms with Crippen molar-refractivity contribution in [1.82, 2.24) is 18.8 Å². The maximum Gasteiger partial charge on any atom is 0.243 e. The molecule has 0 N–H and O–H groups in total. The Morgan fingerprint density at radius 2 is 1.89 bits per heavy atom. The van der Waals surface area contributed by atoms with Gasteiger partial charge in [0.15, 0.2) is 17.2 Å². The van der Waals surface area contributed by atoms with E-state index < -0.39 is 10.0 Å². The molecule has 28 heavy (non-hydrogen) atoms. The van der Waals surface area contributed by atoms with E-state index in [-0.39, 0.29) is 6.04 Å². The van der Waals surface area contributed by atoms with Crippen molar-refractivity contribution >= 4 is 21.2 Å². The predicted molar refractivity (Wildman–Crippen MR) is 104 cm³/mol. The number of hydrogen-bond donors (Lipinski definition) is 0. The Bertz CT molecular complexity index is 1220. The molecule has 1 unspecified atom stereocenters. The summed E-state index contributed by atoms with van der Waals surface area (Å²) in [7, 11) is -3.53. The molecule has 8 heteroatoms. The number of rotatable bonds is 4. The highest BCUT2D eigenvalue weighted by atomic mass is 32.2. The number of aromatic nitrogens is 3. The van der Waals surface area contributed by atoms with Crippen LogP contribution in [0.15, 0.2) is 76.4 Å². The molecule has 0 spiro atoms. The summed E-state index contributed by atoms with van der Waals surface area (Å²) in [4.78, 5) is 9.49. The first-order valence-electron chi connectivity index (χ1n) is 9.06. The van der Waals surface area contributed by atoms with Gasteiger partial charge in [-0.25, -0.2) is 18.4 Å². The van der Waals surface area contributed by atoms with E-state index in [4.69, 9.17) is 4.42 Å². The van der Waals surface area contributed by atoms with Gasteiger partial charge in [0.25, 0.3) is 0 Å². The Hall–Kier alpha value is -2.97. The van der Waals surface area contributed by atoms with E-state index in [0.29, 0.717) is 36.0 Å². The fourth-order valence-electron chi connectivity index (χ4n) is 3.74. The van der Waals surface area contributed by atoms with Gasteiger partial charge in [-0.05, 0) is 42.8 Å². The summed E-state index contributed by atoms with van der Waals surface area (Å²) >= 11 is 0. The first-order valence-corrected chi connectivity index (χ1v) is 10.5. The van der Waals surface area contributed by atoms with E-state index >= 15 is 0 Å². The van der Waals surface area contributed by atoms with Gasteiger partial charge in [-0.15, -0.1) is 0 Å². The molecule has 1 fully saturated rings.